The zero-order valence-electron chi connectivity index (χ0n) is 10.6. The number of phenolic OH excluding ortho intramolecular Hbond substituents is 1. The normalized spacial score (nSPS) is 10.6. The highest BCUT2D eigenvalue weighted by molar-refractivity contribution is 5.39. The average molecular weight is 247 g/mol. The van der Waals surface area contributed by atoms with E-state index in [-0.39, 0.29) is 5.75 Å². The summed E-state index contributed by atoms with van der Waals surface area (Å²) in [4.78, 5) is 4.21. The molecule has 5 heteroatoms. The molecule has 1 aromatic heterocycles. The highest BCUT2D eigenvalue weighted by Gasteiger charge is 2.04. The Kier molecular flexibility index (Phi) is 3.84. The van der Waals surface area contributed by atoms with E-state index >= 15 is 0 Å². The fraction of sp³-hybridized carbons (Fsp3) is 0.308. The summed E-state index contributed by atoms with van der Waals surface area (Å²) in [6.07, 6.45) is 3.67. The fourth-order valence-corrected chi connectivity index (χ4v) is 1.70. The summed E-state index contributed by atoms with van der Waals surface area (Å²) >= 11 is 0. The molecule has 0 saturated carbocycles. The summed E-state index contributed by atoms with van der Waals surface area (Å²) in [5, 5.41) is 13.0. The largest absolute Gasteiger partial charge is 0.507 e. The van der Waals surface area contributed by atoms with Gasteiger partial charge in [-0.2, -0.15) is 0 Å². The summed E-state index contributed by atoms with van der Waals surface area (Å²) < 4.78 is 6.99. The van der Waals surface area contributed by atoms with E-state index in [2.05, 4.69) is 10.3 Å². The van der Waals surface area contributed by atoms with Crippen LogP contribution in [-0.2, 0) is 20.1 Å². The fourth-order valence-electron chi connectivity index (χ4n) is 1.70. The van der Waals surface area contributed by atoms with Crippen LogP contribution in [0.2, 0.25) is 0 Å². The van der Waals surface area contributed by atoms with E-state index in [0.29, 0.717) is 18.8 Å². The first-order chi connectivity index (χ1) is 8.70. The van der Waals surface area contributed by atoms with Gasteiger partial charge < -0.3 is 19.7 Å². The number of methoxy groups -OCH3 is 1. The van der Waals surface area contributed by atoms with Crippen molar-refractivity contribution in [3.63, 3.8) is 0 Å². The second kappa shape index (κ2) is 5.55. The Hall–Kier alpha value is -2.01. The molecule has 0 spiro atoms. The Morgan fingerprint density at radius 1 is 1.39 bits per heavy atom. The lowest BCUT2D eigenvalue weighted by molar-refractivity contribution is 0.406. The lowest BCUT2D eigenvalue weighted by Gasteiger charge is -2.08. The van der Waals surface area contributed by atoms with Crippen molar-refractivity contribution in [1.29, 1.82) is 0 Å². The lowest BCUT2D eigenvalue weighted by atomic mass is 10.2. The molecule has 1 aromatic carbocycles. The summed E-state index contributed by atoms with van der Waals surface area (Å²) in [5.74, 6) is 1.85. The van der Waals surface area contributed by atoms with Gasteiger partial charge in [0.15, 0.2) is 0 Å². The minimum Gasteiger partial charge on any atom is -0.507 e. The van der Waals surface area contributed by atoms with Gasteiger partial charge in [-0.3, -0.25) is 0 Å². The van der Waals surface area contributed by atoms with Gasteiger partial charge >= 0.3 is 0 Å². The minimum absolute atomic E-state index is 0.238. The zero-order valence-corrected chi connectivity index (χ0v) is 10.6. The van der Waals surface area contributed by atoms with E-state index in [9.17, 15) is 5.11 Å². The first-order valence-electron chi connectivity index (χ1n) is 5.73. The van der Waals surface area contributed by atoms with E-state index in [1.54, 1.807) is 19.4 Å². The molecule has 0 unspecified atom stereocenters. The van der Waals surface area contributed by atoms with Crippen LogP contribution >= 0.6 is 0 Å². The summed E-state index contributed by atoms with van der Waals surface area (Å²) in [5.41, 5.74) is 0.838. The third-order valence-electron chi connectivity index (χ3n) is 2.81. The molecule has 2 rings (SSSR count). The number of aromatic hydroxyl groups is 1. The predicted molar refractivity (Wildman–Crippen MR) is 68.4 cm³/mol. The van der Waals surface area contributed by atoms with Crippen LogP contribution in [-0.4, -0.2) is 21.8 Å². The monoisotopic (exact) mass is 247 g/mol. The molecule has 2 N–H and O–H groups in total. The molecule has 18 heavy (non-hydrogen) atoms. The Bertz CT molecular complexity index is 523. The number of phenols is 1. The molecular formula is C13H17N3O2. The van der Waals surface area contributed by atoms with Crippen LogP contribution in [0.5, 0.6) is 11.5 Å². The molecule has 2 aromatic rings. The smallest absolute Gasteiger partial charge is 0.123 e. The molecular weight excluding hydrogens is 230 g/mol. The molecule has 0 aliphatic heterocycles. The number of imidazole rings is 1. The summed E-state index contributed by atoms with van der Waals surface area (Å²) in [6.45, 7) is 1.25. The maximum Gasteiger partial charge on any atom is 0.123 e. The van der Waals surface area contributed by atoms with E-state index < -0.39 is 0 Å². The van der Waals surface area contributed by atoms with Crippen molar-refractivity contribution in [1.82, 2.24) is 14.9 Å². The van der Waals surface area contributed by atoms with Crippen molar-refractivity contribution >= 4 is 0 Å². The maximum atomic E-state index is 9.79. The summed E-state index contributed by atoms with van der Waals surface area (Å²) in [6, 6.07) is 5.29. The van der Waals surface area contributed by atoms with Crippen LogP contribution in [0.25, 0.3) is 0 Å². The van der Waals surface area contributed by atoms with Crippen LogP contribution in [0.3, 0.4) is 0 Å². The van der Waals surface area contributed by atoms with Crippen LogP contribution in [0.4, 0.5) is 0 Å². The van der Waals surface area contributed by atoms with Crippen molar-refractivity contribution in [2.45, 2.75) is 13.1 Å². The second-order valence-corrected chi connectivity index (χ2v) is 4.05. The van der Waals surface area contributed by atoms with Crippen molar-refractivity contribution in [2.24, 2.45) is 7.05 Å². The van der Waals surface area contributed by atoms with Crippen LogP contribution in [0.15, 0.2) is 30.6 Å². The molecule has 0 saturated heterocycles. The predicted octanol–water partition coefficient (Wildman–Crippen LogP) is 1.42. The lowest BCUT2D eigenvalue weighted by Crippen LogP contribution is -2.15. The average Bonchev–Trinajstić information content (AvgIpc) is 2.77. The first-order valence-corrected chi connectivity index (χ1v) is 5.73. The SMILES string of the molecule is COc1ccc(CNCc2nccn2C)c(O)c1. The Labute approximate surface area is 106 Å². The number of rotatable bonds is 5. The third kappa shape index (κ3) is 2.81. The minimum atomic E-state index is 0.238. The van der Waals surface area contributed by atoms with Gasteiger partial charge in [0.05, 0.1) is 13.7 Å². The van der Waals surface area contributed by atoms with E-state index in [4.69, 9.17) is 4.74 Å². The number of aryl methyl sites for hydroxylation is 1. The molecule has 0 amide bonds. The molecule has 5 nitrogen and oxygen atoms in total. The van der Waals surface area contributed by atoms with Crippen molar-refractivity contribution in [3.8, 4) is 11.5 Å². The number of hydrogen-bond acceptors (Lipinski definition) is 4. The number of aromatic nitrogens is 2. The van der Waals surface area contributed by atoms with Gasteiger partial charge in [0.25, 0.3) is 0 Å². The van der Waals surface area contributed by atoms with E-state index in [1.165, 1.54) is 0 Å². The molecule has 1 heterocycles. The Morgan fingerprint density at radius 2 is 2.22 bits per heavy atom. The number of nitrogens with one attached hydrogen (secondary N) is 1. The molecule has 0 bridgehead atoms. The number of nitrogens with zero attached hydrogens (tertiary/aromatic N) is 2. The zero-order chi connectivity index (χ0) is 13.0. The number of ether oxygens (including phenoxy) is 1. The topological polar surface area (TPSA) is 59.3 Å². The van der Waals surface area contributed by atoms with Crippen molar-refractivity contribution in [2.75, 3.05) is 7.11 Å². The van der Waals surface area contributed by atoms with E-state index in [1.807, 2.05) is 29.9 Å². The molecule has 96 valence electrons. The van der Waals surface area contributed by atoms with Gasteiger partial charge in [0.1, 0.15) is 17.3 Å². The van der Waals surface area contributed by atoms with Crippen LogP contribution < -0.4 is 10.1 Å². The first kappa shape index (κ1) is 12.4. The Morgan fingerprint density at radius 3 is 2.83 bits per heavy atom. The van der Waals surface area contributed by atoms with Gasteiger partial charge in [-0.05, 0) is 6.07 Å². The van der Waals surface area contributed by atoms with Gasteiger partial charge in [-0.1, -0.05) is 6.07 Å². The van der Waals surface area contributed by atoms with Gasteiger partial charge in [-0.15, -0.1) is 0 Å². The molecule has 0 atom stereocenters. The number of hydrogen-bond donors (Lipinski definition) is 2. The van der Waals surface area contributed by atoms with Gasteiger partial charge in [-0.25, -0.2) is 4.98 Å². The molecule has 0 aliphatic rings. The van der Waals surface area contributed by atoms with Crippen LogP contribution in [0.1, 0.15) is 11.4 Å². The van der Waals surface area contributed by atoms with Crippen molar-refractivity contribution < 1.29 is 9.84 Å². The molecule has 0 aliphatic carbocycles. The van der Waals surface area contributed by atoms with Gasteiger partial charge in [0, 0.05) is 37.6 Å². The highest BCUT2D eigenvalue weighted by Crippen LogP contribution is 2.23. The van der Waals surface area contributed by atoms with Crippen molar-refractivity contribution in [3.05, 3.63) is 42.0 Å². The highest BCUT2D eigenvalue weighted by atomic mass is 16.5. The maximum absolute atomic E-state index is 9.79. The quantitative estimate of drug-likeness (QED) is 0.839. The summed E-state index contributed by atoms with van der Waals surface area (Å²) in [7, 11) is 3.53. The molecule has 0 radical (unpaired) electrons. The Balaban J connectivity index is 1.92. The van der Waals surface area contributed by atoms with E-state index in [0.717, 1.165) is 11.4 Å². The number of benzene rings is 1. The second-order valence-electron chi connectivity index (χ2n) is 4.05. The molecule has 0 fully saturated rings. The van der Waals surface area contributed by atoms with Crippen LogP contribution in [0, 0.1) is 0 Å². The standard InChI is InChI=1S/C13H17N3O2/c1-16-6-5-15-13(16)9-14-8-10-3-4-11(18-2)7-12(10)17/h3-7,14,17H,8-9H2,1-2H3. The third-order valence-corrected chi connectivity index (χ3v) is 2.81. The van der Waals surface area contributed by atoms with Gasteiger partial charge in [0.2, 0.25) is 0 Å².